The Morgan fingerprint density at radius 3 is 3.05 bits per heavy atom. The van der Waals surface area contributed by atoms with Gasteiger partial charge in [0.1, 0.15) is 5.75 Å². The van der Waals surface area contributed by atoms with E-state index in [1.807, 2.05) is 6.07 Å². The van der Waals surface area contributed by atoms with Gasteiger partial charge in [-0.3, -0.25) is 4.79 Å². The third-order valence-electron chi connectivity index (χ3n) is 4.77. The van der Waals surface area contributed by atoms with E-state index in [0.717, 1.165) is 44.5 Å². The average Bonchev–Trinajstić information content (AvgIpc) is 3.15. The molecule has 3 rings (SSSR count). The first kappa shape index (κ1) is 17.1. The minimum atomic E-state index is 0. The summed E-state index contributed by atoms with van der Waals surface area (Å²) < 4.78 is 5.51. The van der Waals surface area contributed by atoms with Crippen LogP contribution in [0.3, 0.4) is 0 Å². The van der Waals surface area contributed by atoms with Crippen molar-refractivity contribution in [2.24, 2.45) is 17.6 Å². The number of fused-ring (bicyclic) bond motifs is 1. The molecule has 0 bridgehead atoms. The molecule has 0 spiro atoms. The number of carbonyl (C=O) groups excluding carboxylic acids is 1. The van der Waals surface area contributed by atoms with Crippen molar-refractivity contribution in [2.75, 3.05) is 19.7 Å². The maximum Gasteiger partial charge on any atom is 0.223 e. The number of amides is 1. The predicted octanol–water partition coefficient (Wildman–Crippen LogP) is 2.08. The van der Waals surface area contributed by atoms with E-state index in [-0.39, 0.29) is 24.2 Å². The third-order valence-corrected chi connectivity index (χ3v) is 4.77. The fourth-order valence-electron chi connectivity index (χ4n) is 3.52. The molecule has 1 aliphatic carbocycles. The fourth-order valence-corrected chi connectivity index (χ4v) is 3.52. The summed E-state index contributed by atoms with van der Waals surface area (Å²) in [5.41, 5.74) is 8.30. The van der Waals surface area contributed by atoms with Gasteiger partial charge < -0.3 is 15.8 Å². The second-order valence-corrected chi connectivity index (χ2v) is 6.11. The Hall–Kier alpha value is -1.26. The van der Waals surface area contributed by atoms with Gasteiger partial charge >= 0.3 is 0 Å². The van der Waals surface area contributed by atoms with Crippen LogP contribution in [-0.2, 0) is 17.6 Å². The number of carbonyl (C=O) groups is 1. The van der Waals surface area contributed by atoms with E-state index in [2.05, 4.69) is 17.4 Å². The Morgan fingerprint density at radius 2 is 2.23 bits per heavy atom. The lowest BCUT2D eigenvalue weighted by Gasteiger charge is -2.17. The highest BCUT2D eigenvalue weighted by molar-refractivity contribution is 5.85. The van der Waals surface area contributed by atoms with Crippen molar-refractivity contribution in [1.82, 2.24) is 5.32 Å². The van der Waals surface area contributed by atoms with Gasteiger partial charge in [-0.15, -0.1) is 12.4 Å². The highest BCUT2D eigenvalue weighted by Gasteiger charge is 2.31. The number of hydrogen-bond acceptors (Lipinski definition) is 3. The molecule has 4 nitrogen and oxygen atoms in total. The summed E-state index contributed by atoms with van der Waals surface area (Å²) in [6.07, 6.45) is 5.09. The summed E-state index contributed by atoms with van der Waals surface area (Å²) in [5.74, 6) is 1.71. The summed E-state index contributed by atoms with van der Waals surface area (Å²) in [6, 6.07) is 6.34. The van der Waals surface area contributed by atoms with Crippen molar-refractivity contribution in [1.29, 1.82) is 0 Å². The van der Waals surface area contributed by atoms with E-state index < -0.39 is 0 Å². The smallest absolute Gasteiger partial charge is 0.223 e. The molecular formula is C17H25ClN2O2. The maximum atomic E-state index is 12.2. The molecule has 1 aliphatic heterocycles. The van der Waals surface area contributed by atoms with Crippen LogP contribution in [0.4, 0.5) is 0 Å². The average molecular weight is 325 g/mol. The van der Waals surface area contributed by atoms with E-state index in [9.17, 15) is 4.79 Å². The fraction of sp³-hybridized carbons (Fsp3) is 0.588. The molecule has 1 amide bonds. The van der Waals surface area contributed by atoms with Crippen LogP contribution < -0.4 is 15.8 Å². The van der Waals surface area contributed by atoms with Crippen molar-refractivity contribution in [2.45, 2.75) is 32.1 Å². The van der Waals surface area contributed by atoms with Gasteiger partial charge in [0, 0.05) is 18.9 Å². The first-order chi connectivity index (χ1) is 10.3. The molecule has 22 heavy (non-hydrogen) atoms. The predicted molar refractivity (Wildman–Crippen MR) is 89.5 cm³/mol. The number of hydrogen-bond donors (Lipinski definition) is 2. The van der Waals surface area contributed by atoms with E-state index in [1.165, 1.54) is 11.1 Å². The minimum Gasteiger partial charge on any atom is -0.493 e. The van der Waals surface area contributed by atoms with Gasteiger partial charge in [0.25, 0.3) is 0 Å². The third kappa shape index (κ3) is 3.73. The molecule has 1 saturated carbocycles. The number of ether oxygens (including phenoxy) is 1. The Balaban J connectivity index is 0.00000176. The van der Waals surface area contributed by atoms with Crippen molar-refractivity contribution in [3.63, 3.8) is 0 Å². The lowest BCUT2D eigenvalue weighted by atomic mass is 9.95. The maximum absolute atomic E-state index is 12.2. The Morgan fingerprint density at radius 1 is 1.36 bits per heavy atom. The van der Waals surface area contributed by atoms with Gasteiger partial charge in [-0.1, -0.05) is 18.6 Å². The van der Waals surface area contributed by atoms with Crippen LogP contribution in [0.2, 0.25) is 0 Å². The number of halogens is 1. The van der Waals surface area contributed by atoms with Crippen molar-refractivity contribution in [3.05, 3.63) is 29.3 Å². The number of rotatable bonds is 5. The van der Waals surface area contributed by atoms with E-state index in [1.54, 1.807) is 0 Å². The van der Waals surface area contributed by atoms with Gasteiger partial charge in [0.15, 0.2) is 0 Å². The molecule has 0 radical (unpaired) electrons. The lowest BCUT2D eigenvalue weighted by molar-refractivity contribution is -0.125. The molecule has 0 aromatic heterocycles. The van der Waals surface area contributed by atoms with Crippen LogP contribution in [0.1, 0.15) is 30.4 Å². The van der Waals surface area contributed by atoms with E-state index >= 15 is 0 Å². The monoisotopic (exact) mass is 324 g/mol. The Kier molecular flexibility index (Phi) is 6.09. The molecule has 5 heteroatoms. The highest BCUT2D eigenvalue weighted by atomic mass is 35.5. The molecule has 3 N–H and O–H groups in total. The van der Waals surface area contributed by atoms with Gasteiger partial charge in [0.05, 0.1) is 6.61 Å². The molecule has 0 unspecified atom stereocenters. The molecule has 0 saturated heterocycles. The number of benzene rings is 1. The van der Waals surface area contributed by atoms with Gasteiger partial charge in [0.2, 0.25) is 5.91 Å². The zero-order valence-corrected chi connectivity index (χ0v) is 13.7. The van der Waals surface area contributed by atoms with Crippen molar-refractivity contribution in [3.8, 4) is 5.75 Å². The zero-order chi connectivity index (χ0) is 14.7. The van der Waals surface area contributed by atoms with Crippen molar-refractivity contribution < 1.29 is 9.53 Å². The summed E-state index contributed by atoms with van der Waals surface area (Å²) in [4.78, 5) is 12.2. The molecule has 1 heterocycles. The molecule has 1 aromatic carbocycles. The second-order valence-electron chi connectivity index (χ2n) is 6.11. The summed E-state index contributed by atoms with van der Waals surface area (Å²) >= 11 is 0. The molecule has 122 valence electrons. The summed E-state index contributed by atoms with van der Waals surface area (Å²) in [7, 11) is 0. The lowest BCUT2D eigenvalue weighted by Crippen LogP contribution is -2.36. The van der Waals surface area contributed by atoms with E-state index in [0.29, 0.717) is 19.0 Å². The van der Waals surface area contributed by atoms with E-state index in [4.69, 9.17) is 10.5 Å². The van der Waals surface area contributed by atoms with Crippen LogP contribution in [0.15, 0.2) is 18.2 Å². The van der Waals surface area contributed by atoms with Crippen LogP contribution >= 0.6 is 12.4 Å². The SMILES string of the molecule is Cl.NC[C@H]1CCC[C@H]1C(=O)NCCc1ccc2c(c1)CCO2. The Bertz CT molecular complexity index is 521. The molecule has 2 aliphatic rings. The van der Waals surface area contributed by atoms with Gasteiger partial charge in [-0.25, -0.2) is 0 Å². The summed E-state index contributed by atoms with van der Waals surface area (Å²) in [6.45, 7) is 2.12. The summed E-state index contributed by atoms with van der Waals surface area (Å²) in [5, 5.41) is 3.08. The second kappa shape index (κ2) is 7.84. The molecule has 1 fully saturated rings. The first-order valence-electron chi connectivity index (χ1n) is 8.00. The van der Waals surface area contributed by atoms with Crippen LogP contribution in [0, 0.1) is 11.8 Å². The molecule has 2 atom stereocenters. The topological polar surface area (TPSA) is 64.4 Å². The van der Waals surface area contributed by atoms with Crippen molar-refractivity contribution >= 4 is 18.3 Å². The van der Waals surface area contributed by atoms with Gasteiger partial charge in [-0.2, -0.15) is 0 Å². The highest BCUT2D eigenvalue weighted by Crippen LogP contribution is 2.31. The number of nitrogens with one attached hydrogen (secondary N) is 1. The van der Waals surface area contributed by atoms with Crippen LogP contribution in [0.25, 0.3) is 0 Å². The molecular weight excluding hydrogens is 300 g/mol. The standard InChI is InChI=1S/C17H24N2O2.ClH/c18-11-14-2-1-3-15(14)17(20)19-8-6-12-4-5-16-13(10-12)7-9-21-16;/h4-5,10,14-15H,1-3,6-9,11,18H2,(H,19,20);1H/t14-,15-;/m1./s1. The largest absolute Gasteiger partial charge is 0.493 e. The normalized spacial score (nSPS) is 22.6. The van der Waals surface area contributed by atoms with Crippen LogP contribution in [0.5, 0.6) is 5.75 Å². The molecule has 1 aromatic rings. The number of nitrogens with two attached hydrogens (primary N) is 1. The van der Waals surface area contributed by atoms with Gasteiger partial charge in [-0.05, 0) is 48.9 Å². The Labute approximate surface area is 138 Å². The van der Waals surface area contributed by atoms with Crippen LogP contribution in [-0.4, -0.2) is 25.6 Å². The zero-order valence-electron chi connectivity index (χ0n) is 12.8. The quantitative estimate of drug-likeness (QED) is 0.871. The minimum absolute atomic E-state index is 0. The first-order valence-corrected chi connectivity index (χ1v) is 8.00.